The first-order valence-corrected chi connectivity index (χ1v) is 4.28. The molecule has 1 unspecified atom stereocenters. The van der Waals surface area contributed by atoms with Gasteiger partial charge in [-0.25, -0.2) is 0 Å². The highest BCUT2D eigenvalue weighted by molar-refractivity contribution is 6.22. The van der Waals surface area contributed by atoms with Crippen molar-refractivity contribution < 1.29 is 0 Å². The van der Waals surface area contributed by atoms with Crippen LogP contribution in [0.4, 0.5) is 0 Å². The Hall–Kier alpha value is -0.230. The van der Waals surface area contributed by atoms with Crippen LogP contribution < -0.4 is 0 Å². The van der Waals surface area contributed by atoms with Crippen LogP contribution in [0.2, 0.25) is 0 Å². The van der Waals surface area contributed by atoms with Gasteiger partial charge in [-0.1, -0.05) is 37.1 Å². The lowest BCUT2D eigenvalue weighted by Gasteiger charge is -2.08. The zero-order valence-corrected chi connectivity index (χ0v) is 7.06. The molecular weight excluding hydrogens is 144 g/mol. The van der Waals surface area contributed by atoms with Crippen LogP contribution in [-0.4, -0.2) is 5.38 Å². The number of hydrogen-bond acceptors (Lipinski definition) is 0. The second-order valence-electron chi connectivity index (χ2n) is 2.64. The van der Waals surface area contributed by atoms with Gasteiger partial charge in [0.2, 0.25) is 0 Å². The molecule has 0 heterocycles. The molecule has 0 N–H and O–H groups in total. The Morgan fingerprint density at radius 2 is 2.50 bits per heavy atom. The van der Waals surface area contributed by atoms with Crippen molar-refractivity contribution in [3.05, 3.63) is 23.8 Å². The second kappa shape index (κ2) is 3.82. The van der Waals surface area contributed by atoms with E-state index in [1.807, 2.05) is 0 Å². The van der Waals surface area contributed by atoms with Gasteiger partial charge in [-0.15, -0.1) is 11.6 Å². The maximum Gasteiger partial charge on any atom is 0.0553 e. The largest absolute Gasteiger partial charge is 0.118 e. The van der Waals surface area contributed by atoms with E-state index < -0.39 is 0 Å². The van der Waals surface area contributed by atoms with Crippen molar-refractivity contribution in [2.45, 2.75) is 31.6 Å². The minimum absolute atomic E-state index is 0.237. The molecule has 1 atom stereocenters. The van der Waals surface area contributed by atoms with E-state index in [1.165, 1.54) is 18.4 Å². The fourth-order valence-electron chi connectivity index (χ4n) is 1.11. The highest BCUT2D eigenvalue weighted by Crippen LogP contribution is 2.17. The molecule has 0 radical (unpaired) electrons. The fourth-order valence-corrected chi connectivity index (χ4v) is 1.27. The van der Waals surface area contributed by atoms with Crippen molar-refractivity contribution in [2.75, 3.05) is 0 Å². The summed E-state index contributed by atoms with van der Waals surface area (Å²) in [6, 6.07) is 0. The lowest BCUT2D eigenvalue weighted by atomic mass is 10.0. The topological polar surface area (TPSA) is 0 Å². The molecule has 1 heteroatoms. The number of alkyl halides is 1. The van der Waals surface area contributed by atoms with Crippen LogP contribution in [0.5, 0.6) is 0 Å². The van der Waals surface area contributed by atoms with Gasteiger partial charge in [0, 0.05) is 0 Å². The van der Waals surface area contributed by atoms with E-state index in [0.717, 1.165) is 6.42 Å². The van der Waals surface area contributed by atoms with Crippen LogP contribution in [0.1, 0.15) is 26.2 Å². The van der Waals surface area contributed by atoms with Crippen LogP contribution in [0.3, 0.4) is 0 Å². The Morgan fingerprint density at radius 1 is 1.70 bits per heavy atom. The van der Waals surface area contributed by atoms with Gasteiger partial charge < -0.3 is 0 Å². The monoisotopic (exact) mass is 156 g/mol. The first-order chi connectivity index (χ1) is 4.83. The molecule has 0 aromatic rings. The quantitative estimate of drug-likeness (QED) is 0.539. The lowest BCUT2D eigenvalue weighted by Crippen LogP contribution is -1.96. The van der Waals surface area contributed by atoms with E-state index >= 15 is 0 Å². The third-order valence-corrected chi connectivity index (χ3v) is 1.99. The zero-order chi connectivity index (χ0) is 7.40. The Bertz CT molecular complexity index is 156. The van der Waals surface area contributed by atoms with Gasteiger partial charge in [0.1, 0.15) is 0 Å². The van der Waals surface area contributed by atoms with Gasteiger partial charge in [0.25, 0.3) is 0 Å². The first-order valence-electron chi connectivity index (χ1n) is 3.84. The Kier molecular flexibility index (Phi) is 3.01. The molecule has 1 aliphatic carbocycles. The van der Waals surface area contributed by atoms with Crippen LogP contribution in [0.25, 0.3) is 0 Å². The molecule has 0 aliphatic heterocycles. The summed E-state index contributed by atoms with van der Waals surface area (Å²) in [6.07, 6.45) is 9.88. The van der Waals surface area contributed by atoms with Crippen LogP contribution >= 0.6 is 11.6 Å². The summed E-state index contributed by atoms with van der Waals surface area (Å²) in [4.78, 5) is 0. The van der Waals surface area contributed by atoms with E-state index in [1.54, 1.807) is 0 Å². The average molecular weight is 157 g/mol. The summed E-state index contributed by atoms with van der Waals surface area (Å²) in [5.41, 5.74) is 1.44. The van der Waals surface area contributed by atoms with E-state index in [-0.39, 0.29) is 5.38 Å². The summed E-state index contributed by atoms with van der Waals surface area (Å²) in [5, 5.41) is 0.237. The number of halogens is 1. The first kappa shape index (κ1) is 7.87. The third-order valence-electron chi connectivity index (χ3n) is 1.66. The molecular formula is C9H13Cl. The molecule has 0 saturated heterocycles. The fraction of sp³-hybridized carbons (Fsp3) is 0.556. The number of allylic oxidation sites excluding steroid dienone is 4. The minimum atomic E-state index is 0.237. The molecule has 10 heavy (non-hydrogen) atoms. The van der Waals surface area contributed by atoms with E-state index in [2.05, 4.69) is 25.2 Å². The molecule has 56 valence electrons. The SMILES string of the molecule is CCCC1=CCC(Cl)C=C1. The molecule has 0 spiro atoms. The standard InChI is InChI=1S/C9H13Cl/c1-2-3-8-4-6-9(10)7-5-8/h4-6,9H,2-3,7H2,1H3. The Morgan fingerprint density at radius 3 is 3.00 bits per heavy atom. The average Bonchev–Trinajstić information content (AvgIpc) is 1.95. The van der Waals surface area contributed by atoms with Crippen LogP contribution in [0, 0.1) is 0 Å². The summed E-state index contributed by atoms with van der Waals surface area (Å²) in [5.74, 6) is 0. The smallest absolute Gasteiger partial charge is 0.0553 e. The lowest BCUT2D eigenvalue weighted by molar-refractivity contribution is 0.896. The Balaban J connectivity index is 2.42. The zero-order valence-electron chi connectivity index (χ0n) is 6.31. The summed E-state index contributed by atoms with van der Waals surface area (Å²) >= 11 is 5.85. The van der Waals surface area contributed by atoms with Gasteiger partial charge in [0.05, 0.1) is 5.38 Å². The van der Waals surface area contributed by atoms with Crippen LogP contribution in [-0.2, 0) is 0 Å². The molecule has 0 fully saturated rings. The predicted octanol–water partition coefficient (Wildman–Crippen LogP) is 3.28. The van der Waals surface area contributed by atoms with Crippen LogP contribution in [0.15, 0.2) is 23.8 Å². The summed E-state index contributed by atoms with van der Waals surface area (Å²) in [7, 11) is 0. The summed E-state index contributed by atoms with van der Waals surface area (Å²) in [6.45, 7) is 2.20. The van der Waals surface area contributed by atoms with E-state index in [0.29, 0.717) is 0 Å². The maximum atomic E-state index is 5.85. The van der Waals surface area contributed by atoms with Gasteiger partial charge >= 0.3 is 0 Å². The van der Waals surface area contributed by atoms with Crippen molar-refractivity contribution >= 4 is 11.6 Å². The van der Waals surface area contributed by atoms with Gasteiger partial charge in [-0.05, 0) is 12.8 Å². The second-order valence-corrected chi connectivity index (χ2v) is 3.20. The predicted molar refractivity (Wildman–Crippen MR) is 46.4 cm³/mol. The molecule has 0 bridgehead atoms. The summed E-state index contributed by atoms with van der Waals surface area (Å²) < 4.78 is 0. The van der Waals surface area contributed by atoms with Gasteiger partial charge in [-0.3, -0.25) is 0 Å². The molecule has 1 rings (SSSR count). The third kappa shape index (κ3) is 2.18. The molecule has 0 nitrogen and oxygen atoms in total. The van der Waals surface area contributed by atoms with Crippen molar-refractivity contribution in [2.24, 2.45) is 0 Å². The molecule has 0 saturated carbocycles. The number of hydrogen-bond donors (Lipinski definition) is 0. The van der Waals surface area contributed by atoms with Crippen molar-refractivity contribution in [3.63, 3.8) is 0 Å². The van der Waals surface area contributed by atoms with Gasteiger partial charge in [0.15, 0.2) is 0 Å². The Labute approximate surface area is 67.6 Å². The van der Waals surface area contributed by atoms with Gasteiger partial charge in [-0.2, -0.15) is 0 Å². The number of rotatable bonds is 2. The van der Waals surface area contributed by atoms with E-state index in [9.17, 15) is 0 Å². The highest BCUT2D eigenvalue weighted by atomic mass is 35.5. The van der Waals surface area contributed by atoms with Crippen molar-refractivity contribution in [3.8, 4) is 0 Å². The van der Waals surface area contributed by atoms with Crippen molar-refractivity contribution in [1.82, 2.24) is 0 Å². The maximum absolute atomic E-state index is 5.85. The molecule has 0 aromatic carbocycles. The molecule has 0 amide bonds. The molecule has 0 aromatic heterocycles. The highest BCUT2D eigenvalue weighted by Gasteiger charge is 2.03. The molecule has 1 aliphatic rings. The van der Waals surface area contributed by atoms with Crippen molar-refractivity contribution in [1.29, 1.82) is 0 Å². The minimum Gasteiger partial charge on any atom is -0.118 e. The normalized spacial score (nSPS) is 24.6. The van der Waals surface area contributed by atoms with E-state index in [4.69, 9.17) is 11.6 Å².